The van der Waals surface area contributed by atoms with Crippen molar-refractivity contribution in [3.8, 4) is 0 Å². The second-order valence-electron chi connectivity index (χ2n) is 6.50. The Balaban J connectivity index is 1.58. The van der Waals surface area contributed by atoms with E-state index in [1.54, 1.807) is 5.38 Å². The molecule has 2 N–H and O–H groups in total. The molecule has 0 saturated carbocycles. The van der Waals surface area contributed by atoms with E-state index in [-0.39, 0.29) is 22.4 Å². The highest BCUT2D eigenvalue weighted by atomic mass is 32.2. The minimum absolute atomic E-state index is 0.0523. The number of thiazole rings is 1. The minimum atomic E-state index is -3.85. The van der Waals surface area contributed by atoms with Gasteiger partial charge < -0.3 is 5.32 Å². The molecule has 0 spiro atoms. The highest BCUT2D eigenvalue weighted by Crippen LogP contribution is 2.22. The Kier molecular flexibility index (Phi) is 6.29. The van der Waals surface area contributed by atoms with Crippen LogP contribution in [0.4, 0.5) is 15.2 Å². The molecule has 29 heavy (non-hydrogen) atoms. The molecule has 0 fully saturated rings. The largest absolute Gasteiger partial charge is 0.326 e. The molecule has 9 heteroatoms. The Morgan fingerprint density at radius 1 is 1.14 bits per heavy atom. The monoisotopic (exact) mass is 433 g/mol. The molecule has 0 radical (unpaired) electrons. The quantitative estimate of drug-likeness (QED) is 0.582. The van der Waals surface area contributed by atoms with Crippen molar-refractivity contribution in [1.82, 2.24) is 4.98 Å². The topological polar surface area (TPSA) is 88.2 Å². The lowest BCUT2D eigenvalue weighted by Crippen LogP contribution is -2.14. The van der Waals surface area contributed by atoms with Crippen molar-refractivity contribution >= 4 is 38.1 Å². The number of sulfonamides is 1. The van der Waals surface area contributed by atoms with Crippen molar-refractivity contribution in [3.63, 3.8) is 0 Å². The van der Waals surface area contributed by atoms with E-state index in [1.165, 1.54) is 12.1 Å². The summed E-state index contributed by atoms with van der Waals surface area (Å²) in [6.45, 7) is 3.93. The summed E-state index contributed by atoms with van der Waals surface area (Å²) in [7, 11) is -3.85. The van der Waals surface area contributed by atoms with Gasteiger partial charge in [0.25, 0.3) is 10.0 Å². The van der Waals surface area contributed by atoms with Crippen LogP contribution in [-0.4, -0.2) is 19.3 Å². The molecular weight excluding hydrogens is 413 g/mol. The van der Waals surface area contributed by atoms with E-state index in [0.29, 0.717) is 12.1 Å². The first-order valence-electron chi connectivity index (χ1n) is 8.83. The number of nitrogens with one attached hydrogen (secondary N) is 2. The number of amides is 1. The fourth-order valence-electron chi connectivity index (χ4n) is 2.60. The third-order valence-corrected chi connectivity index (χ3v) is 6.67. The summed E-state index contributed by atoms with van der Waals surface area (Å²) in [4.78, 5) is 16.4. The van der Waals surface area contributed by atoms with Crippen molar-refractivity contribution in [1.29, 1.82) is 0 Å². The number of hydrogen-bond acceptors (Lipinski definition) is 5. The normalized spacial score (nSPS) is 11.3. The molecule has 152 valence electrons. The summed E-state index contributed by atoms with van der Waals surface area (Å²) in [6.07, 6.45) is 0.604. The van der Waals surface area contributed by atoms with Gasteiger partial charge in [-0.3, -0.25) is 9.52 Å². The number of hydrogen-bond donors (Lipinski definition) is 2. The Hall–Kier alpha value is -2.78. The first-order chi connectivity index (χ1) is 13.7. The van der Waals surface area contributed by atoms with Crippen molar-refractivity contribution in [2.24, 2.45) is 0 Å². The van der Waals surface area contributed by atoms with Gasteiger partial charge in [-0.1, -0.05) is 12.1 Å². The molecule has 1 aromatic heterocycles. The number of anilines is 2. The van der Waals surface area contributed by atoms with Gasteiger partial charge in [0.05, 0.1) is 10.6 Å². The zero-order valence-electron chi connectivity index (χ0n) is 15.9. The zero-order chi connectivity index (χ0) is 21.0. The Bertz CT molecular complexity index is 1130. The number of aryl methyl sites for hydroxylation is 2. The number of aromatic nitrogens is 1. The van der Waals surface area contributed by atoms with E-state index in [4.69, 9.17) is 0 Å². The van der Waals surface area contributed by atoms with Gasteiger partial charge in [-0.15, -0.1) is 11.3 Å². The second-order valence-corrected chi connectivity index (χ2v) is 9.04. The fraction of sp³-hybridized carbons (Fsp3) is 0.200. The maximum Gasteiger partial charge on any atom is 0.263 e. The van der Waals surface area contributed by atoms with Crippen molar-refractivity contribution in [2.45, 2.75) is 31.6 Å². The first-order valence-corrected chi connectivity index (χ1v) is 11.2. The highest BCUT2D eigenvalue weighted by molar-refractivity contribution is 7.93. The number of carbonyl (C=O) groups excluding carboxylic acids is 1. The summed E-state index contributed by atoms with van der Waals surface area (Å²) in [6, 6.07) is 10.2. The second kappa shape index (κ2) is 8.71. The van der Waals surface area contributed by atoms with E-state index in [1.807, 2.05) is 32.0 Å². The third kappa shape index (κ3) is 5.39. The van der Waals surface area contributed by atoms with Crippen LogP contribution >= 0.6 is 11.3 Å². The van der Waals surface area contributed by atoms with Crippen molar-refractivity contribution in [2.75, 3.05) is 10.0 Å². The van der Waals surface area contributed by atoms with E-state index in [9.17, 15) is 17.6 Å². The molecule has 0 bridgehead atoms. The summed E-state index contributed by atoms with van der Waals surface area (Å²) in [5, 5.41) is 4.78. The van der Waals surface area contributed by atoms with Crippen LogP contribution in [0.15, 0.2) is 52.7 Å². The van der Waals surface area contributed by atoms with E-state index >= 15 is 0 Å². The third-order valence-electron chi connectivity index (χ3n) is 4.38. The number of benzene rings is 2. The summed E-state index contributed by atoms with van der Waals surface area (Å²) in [5.41, 5.74) is 3.51. The van der Waals surface area contributed by atoms with Crippen LogP contribution < -0.4 is 10.0 Å². The van der Waals surface area contributed by atoms with Gasteiger partial charge in [-0.2, -0.15) is 0 Å². The molecule has 6 nitrogen and oxygen atoms in total. The van der Waals surface area contributed by atoms with Gasteiger partial charge in [0.15, 0.2) is 5.13 Å². The first kappa shape index (κ1) is 20.9. The fourth-order valence-corrected chi connectivity index (χ4v) is 4.59. The van der Waals surface area contributed by atoms with E-state index in [2.05, 4.69) is 15.0 Å². The van der Waals surface area contributed by atoms with Crippen molar-refractivity contribution in [3.05, 3.63) is 70.5 Å². The van der Waals surface area contributed by atoms with Crippen LogP contribution in [-0.2, 0) is 21.2 Å². The number of halogens is 1. The van der Waals surface area contributed by atoms with Gasteiger partial charge in [-0.05, 0) is 61.7 Å². The number of rotatable bonds is 7. The lowest BCUT2D eigenvalue weighted by atomic mass is 10.1. The molecule has 3 aromatic rings. The van der Waals surface area contributed by atoms with Crippen LogP contribution in [0.3, 0.4) is 0 Å². The smallest absolute Gasteiger partial charge is 0.263 e. The molecule has 0 unspecified atom stereocenters. The van der Waals surface area contributed by atoms with Gasteiger partial charge in [0.2, 0.25) is 5.91 Å². The maximum atomic E-state index is 13.0. The maximum absolute atomic E-state index is 13.0. The van der Waals surface area contributed by atoms with Crippen LogP contribution in [0, 0.1) is 19.7 Å². The molecule has 2 aromatic carbocycles. The number of nitrogens with zero attached hydrogens (tertiary/aromatic N) is 1. The van der Waals surface area contributed by atoms with Crippen LogP contribution in [0.1, 0.15) is 23.2 Å². The predicted octanol–water partition coefficient (Wildman–Crippen LogP) is 4.27. The Labute approximate surface area is 172 Å². The molecule has 1 heterocycles. The molecule has 0 aliphatic heterocycles. The molecule has 1 amide bonds. The minimum Gasteiger partial charge on any atom is -0.326 e. The van der Waals surface area contributed by atoms with E-state index < -0.39 is 15.8 Å². The summed E-state index contributed by atoms with van der Waals surface area (Å²) >= 11 is 1.13. The summed E-state index contributed by atoms with van der Waals surface area (Å²) in [5.74, 6) is -0.653. The molecule has 0 aliphatic rings. The molecule has 0 atom stereocenters. The average molecular weight is 434 g/mol. The van der Waals surface area contributed by atoms with Gasteiger partial charge >= 0.3 is 0 Å². The highest BCUT2D eigenvalue weighted by Gasteiger charge is 2.16. The van der Waals surface area contributed by atoms with Gasteiger partial charge in [-0.25, -0.2) is 17.8 Å². The molecule has 0 saturated heterocycles. The lowest BCUT2D eigenvalue weighted by molar-refractivity contribution is -0.116. The predicted molar refractivity (Wildman–Crippen MR) is 112 cm³/mol. The summed E-state index contributed by atoms with van der Waals surface area (Å²) < 4.78 is 40.0. The SMILES string of the molecule is Cc1cccc(NC(=O)CCc2csc(NS(=O)(=O)c3ccc(F)cc3)n2)c1C. The van der Waals surface area contributed by atoms with Crippen LogP contribution in [0.5, 0.6) is 0 Å². The number of carbonyl (C=O) groups is 1. The Morgan fingerprint density at radius 3 is 2.59 bits per heavy atom. The standard InChI is InChI=1S/C20H20FN3O3S2/c1-13-4-3-5-18(14(13)2)23-19(25)11-8-16-12-28-20(22-16)24-29(26,27)17-9-6-15(21)7-10-17/h3-7,9-10,12H,8,11H2,1-2H3,(H,22,24)(H,23,25). The van der Waals surface area contributed by atoms with Crippen LogP contribution in [0.25, 0.3) is 0 Å². The van der Waals surface area contributed by atoms with Gasteiger partial charge in [0.1, 0.15) is 5.82 Å². The average Bonchev–Trinajstić information content (AvgIpc) is 3.11. The molecular formula is C20H20FN3O3S2. The van der Waals surface area contributed by atoms with Crippen molar-refractivity contribution < 1.29 is 17.6 Å². The van der Waals surface area contributed by atoms with E-state index in [0.717, 1.165) is 40.3 Å². The molecule has 0 aliphatic carbocycles. The Morgan fingerprint density at radius 2 is 1.86 bits per heavy atom. The van der Waals surface area contributed by atoms with Gasteiger partial charge in [0, 0.05) is 17.5 Å². The van der Waals surface area contributed by atoms with Crippen LogP contribution in [0.2, 0.25) is 0 Å². The zero-order valence-corrected chi connectivity index (χ0v) is 17.5. The lowest BCUT2D eigenvalue weighted by Gasteiger charge is -2.09. The molecule has 3 rings (SSSR count).